The summed E-state index contributed by atoms with van der Waals surface area (Å²) in [4.78, 5) is 12.4. The summed E-state index contributed by atoms with van der Waals surface area (Å²) < 4.78 is 6.28. The SMILES string of the molecule is COc1ccc(-n2ncc(N/N=C\c3cccc(O)c3)c(Cl)c2=O)cc1. The lowest BCUT2D eigenvalue weighted by Crippen LogP contribution is -2.22. The third-order valence-electron chi connectivity index (χ3n) is 3.50. The molecule has 7 nitrogen and oxygen atoms in total. The minimum Gasteiger partial charge on any atom is -0.508 e. The molecule has 0 saturated heterocycles. The molecule has 0 atom stereocenters. The van der Waals surface area contributed by atoms with E-state index in [2.05, 4.69) is 15.6 Å². The normalized spacial score (nSPS) is 10.8. The number of ether oxygens (including phenoxy) is 1. The van der Waals surface area contributed by atoms with Gasteiger partial charge in [0.1, 0.15) is 22.2 Å². The Kier molecular flexibility index (Phi) is 5.19. The van der Waals surface area contributed by atoms with Crippen LogP contribution in [0.4, 0.5) is 5.69 Å². The highest BCUT2D eigenvalue weighted by Gasteiger charge is 2.10. The summed E-state index contributed by atoms with van der Waals surface area (Å²) in [6, 6.07) is 13.4. The second-order valence-electron chi connectivity index (χ2n) is 5.25. The molecule has 0 amide bonds. The minimum atomic E-state index is -0.477. The Labute approximate surface area is 154 Å². The number of benzene rings is 2. The number of aromatic hydroxyl groups is 1. The standard InChI is InChI=1S/C18H15ClN4O3/c1-26-15-7-5-13(6-8-15)23-18(25)17(19)16(11-21-23)22-20-10-12-3-2-4-14(24)9-12/h2-11,22,24H,1H3/b20-10-. The fraction of sp³-hybridized carbons (Fsp3) is 0.0556. The molecule has 1 heterocycles. The maximum Gasteiger partial charge on any atom is 0.292 e. The topological polar surface area (TPSA) is 88.7 Å². The quantitative estimate of drug-likeness (QED) is 0.532. The van der Waals surface area contributed by atoms with E-state index in [1.807, 2.05) is 0 Å². The van der Waals surface area contributed by atoms with Crippen LogP contribution in [0.5, 0.6) is 11.5 Å². The molecule has 0 aliphatic carbocycles. The van der Waals surface area contributed by atoms with Crippen molar-refractivity contribution in [2.75, 3.05) is 12.5 Å². The lowest BCUT2D eigenvalue weighted by atomic mass is 10.2. The van der Waals surface area contributed by atoms with E-state index >= 15 is 0 Å². The van der Waals surface area contributed by atoms with Crippen LogP contribution in [-0.4, -0.2) is 28.2 Å². The van der Waals surface area contributed by atoms with Crippen molar-refractivity contribution in [1.82, 2.24) is 9.78 Å². The van der Waals surface area contributed by atoms with Crippen molar-refractivity contribution in [1.29, 1.82) is 0 Å². The molecule has 26 heavy (non-hydrogen) atoms. The summed E-state index contributed by atoms with van der Waals surface area (Å²) in [6.45, 7) is 0. The molecule has 0 saturated carbocycles. The van der Waals surface area contributed by atoms with Gasteiger partial charge in [-0.3, -0.25) is 10.2 Å². The molecule has 0 fully saturated rings. The summed E-state index contributed by atoms with van der Waals surface area (Å²) in [6.07, 6.45) is 2.90. The fourth-order valence-electron chi connectivity index (χ4n) is 2.20. The number of aromatic nitrogens is 2. The molecule has 0 spiro atoms. The number of methoxy groups -OCH3 is 1. The molecule has 8 heteroatoms. The van der Waals surface area contributed by atoms with Gasteiger partial charge in [-0.2, -0.15) is 14.9 Å². The van der Waals surface area contributed by atoms with Crippen LogP contribution in [-0.2, 0) is 0 Å². The van der Waals surface area contributed by atoms with Gasteiger partial charge in [0.05, 0.1) is 25.2 Å². The van der Waals surface area contributed by atoms with Gasteiger partial charge in [-0.1, -0.05) is 23.7 Å². The Balaban J connectivity index is 1.82. The molecule has 1 aromatic heterocycles. The highest BCUT2D eigenvalue weighted by Crippen LogP contribution is 2.18. The average molecular weight is 371 g/mol. The summed E-state index contributed by atoms with van der Waals surface area (Å²) in [5.74, 6) is 0.809. The van der Waals surface area contributed by atoms with Crippen molar-refractivity contribution in [2.45, 2.75) is 0 Å². The van der Waals surface area contributed by atoms with Gasteiger partial charge in [0, 0.05) is 0 Å². The second kappa shape index (κ2) is 7.71. The first kappa shape index (κ1) is 17.5. The monoisotopic (exact) mass is 370 g/mol. The van der Waals surface area contributed by atoms with E-state index in [1.165, 1.54) is 17.1 Å². The molecule has 0 aliphatic heterocycles. The molecular weight excluding hydrogens is 356 g/mol. The highest BCUT2D eigenvalue weighted by molar-refractivity contribution is 6.32. The number of nitrogens with zero attached hydrogens (tertiary/aromatic N) is 3. The van der Waals surface area contributed by atoms with Crippen LogP contribution in [0, 0.1) is 0 Å². The molecule has 3 aromatic rings. The van der Waals surface area contributed by atoms with Crippen LogP contribution in [0.1, 0.15) is 5.56 Å². The van der Waals surface area contributed by atoms with Crippen LogP contribution >= 0.6 is 11.6 Å². The first-order valence-corrected chi connectivity index (χ1v) is 7.96. The van der Waals surface area contributed by atoms with E-state index in [4.69, 9.17) is 16.3 Å². The van der Waals surface area contributed by atoms with Gasteiger partial charge in [0.25, 0.3) is 5.56 Å². The molecule has 132 valence electrons. The first-order chi connectivity index (χ1) is 12.6. The Morgan fingerprint density at radius 3 is 2.73 bits per heavy atom. The summed E-state index contributed by atoms with van der Waals surface area (Å²) in [7, 11) is 1.56. The second-order valence-corrected chi connectivity index (χ2v) is 5.63. The number of nitrogens with one attached hydrogen (secondary N) is 1. The van der Waals surface area contributed by atoms with Crippen LogP contribution in [0.3, 0.4) is 0 Å². The van der Waals surface area contributed by atoms with Crippen molar-refractivity contribution < 1.29 is 9.84 Å². The predicted octanol–water partition coefficient (Wildman–Crippen LogP) is 3.05. The van der Waals surface area contributed by atoms with E-state index in [0.717, 1.165) is 0 Å². The molecule has 3 rings (SSSR count). The first-order valence-electron chi connectivity index (χ1n) is 7.59. The lowest BCUT2D eigenvalue weighted by molar-refractivity contribution is 0.414. The van der Waals surface area contributed by atoms with Gasteiger partial charge in [-0.25, -0.2) is 0 Å². The zero-order valence-electron chi connectivity index (χ0n) is 13.8. The van der Waals surface area contributed by atoms with Crippen LogP contribution < -0.4 is 15.7 Å². The molecular formula is C18H15ClN4O3. The summed E-state index contributed by atoms with van der Waals surface area (Å²) >= 11 is 6.14. The Morgan fingerprint density at radius 1 is 1.27 bits per heavy atom. The maximum atomic E-state index is 12.4. The zero-order valence-corrected chi connectivity index (χ0v) is 14.5. The van der Waals surface area contributed by atoms with Crippen molar-refractivity contribution in [3.63, 3.8) is 0 Å². The van der Waals surface area contributed by atoms with E-state index in [0.29, 0.717) is 17.0 Å². The fourth-order valence-corrected chi connectivity index (χ4v) is 2.37. The number of anilines is 1. The summed E-state index contributed by atoms with van der Waals surface area (Å²) in [5.41, 5.74) is 3.73. The molecule has 2 N–H and O–H groups in total. The molecule has 0 radical (unpaired) electrons. The Hall–Kier alpha value is -3.32. The third kappa shape index (κ3) is 3.84. The van der Waals surface area contributed by atoms with E-state index in [1.54, 1.807) is 55.6 Å². The zero-order chi connectivity index (χ0) is 18.5. The van der Waals surface area contributed by atoms with Gasteiger partial charge in [0.2, 0.25) is 0 Å². The Bertz CT molecular complexity index is 1000. The number of hydrazone groups is 1. The number of hydrogen-bond donors (Lipinski definition) is 2. The van der Waals surface area contributed by atoms with Crippen molar-refractivity contribution in [3.8, 4) is 17.2 Å². The largest absolute Gasteiger partial charge is 0.508 e. The van der Waals surface area contributed by atoms with E-state index < -0.39 is 5.56 Å². The molecule has 2 aromatic carbocycles. The van der Waals surface area contributed by atoms with Crippen molar-refractivity contribution in [3.05, 3.63) is 75.7 Å². The number of phenols is 1. The van der Waals surface area contributed by atoms with Crippen LogP contribution in [0.25, 0.3) is 5.69 Å². The average Bonchev–Trinajstić information content (AvgIpc) is 2.65. The molecule has 0 unspecified atom stereocenters. The molecule has 0 aliphatic rings. The number of rotatable bonds is 5. The molecule has 0 bridgehead atoms. The van der Waals surface area contributed by atoms with Gasteiger partial charge in [0.15, 0.2) is 0 Å². The number of hydrogen-bond acceptors (Lipinski definition) is 6. The van der Waals surface area contributed by atoms with Crippen LogP contribution in [0.15, 0.2) is 64.6 Å². The van der Waals surface area contributed by atoms with Crippen LogP contribution in [0.2, 0.25) is 5.02 Å². The van der Waals surface area contributed by atoms with Gasteiger partial charge < -0.3 is 9.84 Å². The van der Waals surface area contributed by atoms with Crippen molar-refractivity contribution >= 4 is 23.5 Å². The van der Waals surface area contributed by atoms with Gasteiger partial charge in [-0.15, -0.1) is 0 Å². The number of halogens is 1. The van der Waals surface area contributed by atoms with E-state index in [9.17, 15) is 9.90 Å². The third-order valence-corrected chi connectivity index (χ3v) is 3.87. The minimum absolute atomic E-state index is 0.0381. The van der Waals surface area contributed by atoms with E-state index in [-0.39, 0.29) is 16.5 Å². The predicted molar refractivity (Wildman–Crippen MR) is 101 cm³/mol. The highest BCUT2D eigenvalue weighted by atomic mass is 35.5. The lowest BCUT2D eigenvalue weighted by Gasteiger charge is -2.08. The van der Waals surface area contributed by atoms with Crippen molar-refractivity contribution in [2.24, 2.45) is 5.10 Å². The maximum absolute atomic E-state index is 12.4. The smallest absolute Gasteiger partial charge is 0.292 e. The Morgan fingerprint density at radius 2 is 2.04 bits per heavy atom. The summed E-state index contributed by atoms with van der Waals surface area (Å²) in [5, 5.41) is 17.5. The number of phenolic OH excluding ortho intramolecular Hbond substituents is 1. The van der Waals surface area contributed by atoms with Gasteiger partial charge in [-0.05, 0) is 42.0 Å². The van der Waals surface area contributed by atoms with Gasteiger partial charge >= 0.3 is 0 Å².